The van der Waals surface area contributed by atoms with E-state index in [1.54, 1.807) is 0 Å². The molecule has 4 aliphatic carbocycles. The molecule has 1 heteroatoms. The summed E-state index contributed by atoms with van der Waals surface area (Å²) in [5.74, 6) is 4.04. The summed E-state index contributed by atoms with van der Waals surface area (Å²) in [5.41, 5.74) is 1.25. The number of hydrogen-bond acceptors (Lipinski definition) is 0. The SMILES string of the molecule is CC1(C)C2CCC3(C)C4CCC(C41)C3(Br)C2. The fourth-order valence-corrected chi connectivity index (χ4v) is 8.01. The molecule has 4 aliphatic rings. The molecule has 0 N–H and O–H groups in total. The molecule has 5 bridgehead atoms. The van der Waals surface area contributed by atoms with Gasteiger partial charge in [-0.1, -0.05) is 36.7 Å². The molecule has 16 heavy (non-hydrogen) atoms. The summed E-state index contributed by atoms with van der Waals surface area (Å²) in [6.07, 6.45) is 7.48. The Morgan fingerprint density at radius 3 is 2.44 bits per heavy atom. The average molecular weight is 283 g/mol. The van der Waals surface area contributed by atoms with Crippen LogP contribution in [0.4, 0.5) is 0 Å². The Morgan fingerprint density at radius 2 is 1.69 bits per heavy atom. The van der Waals surface area contributed by atoms with Crippen molar-refractivity contribution in [3.63, 3.8) is 0 Å². The highest BCUT2D eigenvalue weighted by Gasteiger charge is 2.76. The zero-order chi connectivity index (χ0) is 11.3. The smallest absolute Gasteiger partial charge is 0.0348 e. The molecule has 0 radical (unpaired) electrons. The van der Waals surface area contributed by atoms with Gasteiger partial charge in [0.1, 0.15) is 0 Å². The van der Waals surface area contributed by atoms with Gasteiger partial charge in [-0.25, -0.2) is 0 Å². The molecular weight excluding hydrogens is 260 g/mol. The van der Waals surface area contributed by atoms with Gasteiger partial charge in [-0.05, 0) is 66.6 Å². The zero-order valence-corrected chi connectivity index (χ0v) is 12.3. The molecule has 0 aromatic carbocycles. The highest BCUT2D eigenvalue weighted by molar-refractivity contribution is 9.10. The maximum Gasteiger partial charge on any atom is 0.0348 e. The highest BCUT2D eigenvalue weighted by atomic mass is 79.9. The van der Waals surface area contributed by atoms with E-state index in [1.165, 1.54) is 32.1 Å². The van der Waals surface area contributed by atoms with Gasteiger partial charge < -0.3 is 0 Å². The van der Waals surface area contributed by atoms with Gasteiger partial charge in [-0.15, -0.1) is 0 Å². The minimum Gasteiger partial charge on any atom is -0.0844 e. The summed E-state index contributed by atoms with van der Waals surface area (Å²) in [7, 11) is 0. The molecule has 0 spiro atoms. The lowest BCUT2D eigenvalue weighted by molar-refractivity contribution is -0.00315. The molecule has 0 saturated heterocycles. The molecule has 4 saturated carbocycles. The van der Waals surface area contributed by atoms with Crippen LogP contribution in [0.5, 0.6) is 0 Å². The molecule has 4 fully saturated rings. The van der Waals surface area contributed by atoms with E-state index in [0.717, 1.165) is 23.7 Å². The van der Waals surface area contributed by atoms with Crippen LogP contribution < -0.4 is 0 Å². The van der Waals surface area contributed by atoms with E-state index in [0.29, 0.717) is 15.2 Å². The van der Waals surface area contributed by atoms with Crippen molar-refractivity contribution in [1.82, 2.24) is 0 Å². The molecule has 90 valence electrons. The number of fused-ring (bicyclic) bond motifs is 2. The van der Waals surface area contributed by atoms with E-state index < -0.39 is 0 Å². The molecule has 0 heterocycles. The third-order valence-electron chi connectivity index (χ3n) is 7.48. The van der Waals surface area contributed by atoms with Gasteiger partial charge in [0.05, 0.1) is 0 Å². The van der Waals surface area contributed by atoms with Crippen molar-refractivity contribution >= 4 is 15.9 Å². The predicted octanol–water partition coefficient (Wildman–Crippen LogP) is 4.62. The van der Waals surface area contributed by atoms with Crippen LogP contribution in [0.3, 0.4) is 0 Å². The molecule has 6 unspecified atom stereocenters. The number of hydrogen-bond donors (Lipinski definition) is 0. The number of rotatable bonds is 0. The first-order valence-corrected chi connectivity index (χ1v) is 7.89. The topological polar surface area (TPSA) is 0 Å². The second kappa shape index (κ2) is 2.58. The normalized spacial score (nSPS) is 65.2. The fourth-order valence-electron chi connectivity index (χ4n) is 6.62. The van der Waals surface area contributed by atoms with Crippen LogP contribution in [-0.2, 0) is 0 Å². The second-order valence-corrected chi connectivity index (χ2v) is 9.27. The Bertz CT molecular complexity index is 358. The standard InChI is InChI=1S/C15H23Br/c1-13(2)9-6-7-14(3)10-4-5-11(12(10)13)15(14,16)8-9/h9-12H,4-8H2,1-3H3. The van der Waals surface area contributed by atoms with Crippen LogP contribution in [0.2, 0.25) is 0 Å². The van der Waals surface area contributed by atoms with Crippen LogP contribution in [-0.4, -0.2) is 4.32 Å². The van der Waals surface area contributed by atoms with Crippen molar-refractivity contribution in [2.24, 2.45) is 34.5 Å². The van der Waals surface area contributed by atoms with E-state index in [1.807, 2.05) is 0 Å². The van der Waals surface area contributed by atoms with Crippen LogP contribution in [0.25, 0.3) is 0 Å². The highest BCUT2D eigenvalue weighted by Crippen LogP contribution is 2.80. The van der Waals surface area contributed by atoms with Gasteiger partial charge >= 0.3 is 0 Å². The minimum absolute atomic E-state index is 0.534. The predicted molar refractivity (Wildman–Crippen MR) is 70.6 cm³/mol. The van der Waals surface area contributed by atoms with Crippen molar-refractivity contribution in [3.8, 4) is 0 Å². The molecule has 0 amide bonds. The van der Waals surface area contributed by atoms with E-state index in [9.17, 15) is 0 Å². The summed E-state index contributed by atoms with van der Waals surface area (Å²) in [5, 5.41) is 0. The largest absolute Gasteiger partial charge is 0.0844 e. The summed E-state index contributed by atoms with van der Waals surface area (Å²) >= 11 is 4.26. The van der Waals surface area contributed by atoms with Crippen molar-refractivity contribution in [2.75, 3.05) is 0 Å². The van der Waals surface area contributed by atoms with Gasteiger partial charge in [0.15, 0.2) is 0 Å². The van der Waals surface area contributed by atoms with E-state index in [2.05, 4.69) is 36.7 Å². The summed E-state index contributed by atoms with van der Waals surface area (Å²) in [6, 6.07) is 0. The van der Waals surface area contributed by atoms with Crippen LogP contribution in [0, 0.1) is 34.5 Å². The minimum atomic E-state index is 0.534. The first kappa shape index (κ1) is 10.4. The van der Waals surface area contributed by atoms with Crippen LogP contribution in [0.1, 0.15) is 52.9 Å². The first-order chi connectivity index (χ1) is 7.41. The maximum atomic E-state index is 4.26. The quantitative estimate of drug-likeness (QED) is 0.569. The maximum absolute atomic E-state index is 4.26. The Hall–Kier alpha value is 0.480. The number of halogens is 1. The fraction of sp³-hybridized carbons (Fsp3) is 1.00. The molecule has 4 rings (SSSR count). The van der Waals surface area contributed by atoms with Gasteiger partial charge in [0.25, 0.3) is 0 Å². The van der Waals surface area contributed by atoms with Gasteiger partial charge in [0.2, 0.25) is 0 Å². The van der Waals surface area contributed by atoms with Crippen molar-refractivity contribution in [3.05, 3.63) is 0 Å². The third-order valence-corrected chi connectivity index (χ3v) is 9.30. The van der Waals surface area contributed by atoms with Gasteiger partial charge in [0, 0.05) is 4.32 Å². The molecule has 0 aliphatic heterocycles. The first-order valence-electron chi connectivity index (χ1n) is 7.10. The lowest BCUT2D eigenvalue weighted by Crippen LogP contribution is -2.54. The average Bonchev–Trinajstić information content (AvgIpc) is 2.69. The lowest BCUT2D eigenvalue weighted by atomic mass is 9.53. The van der Waals surface area contributed by atoms with Crippen molar-refractivity contribution in [2.45, 2.75) is 57.2 Å². The summed E-state index contributed by atoms with van der Waals surface area (Å²) < 4.78 is 0.534. The molecule has 0 aromatic heterocycles. The zero-order valence-electron chi connectivity index (χ0n) is 10.7. The lowest BCUT2D eigenvalue weighted by Gasteiger charge is -2.57. The molecular formula is C15H23Br. The van der Waals surface area contributed by atoms with Gasteiger partial charge in [-0.3, -0.25) is 0 Å². The molecule has 0 nitrogen and oxygen atoms in total. The number of alkyl halides is 1. The Balaban J connectivity index is 1.96. The van der Waals surface area contributed by atoms with Crippen molar-refractivity contribution < 1.29 is 0 Å². The van der Waals surface area contributed by atoms with Crippen LogP contribution >= 0.6 is 15.9 Å². The van der Waals surface area contributed by atoms with Gasteiger partial charge in [-0.2, -0.15) is 0 Å². The van der Waals surface area contributed by atoms with E-state index in [-0.39, 0.29) is 0 Å². The Labute approximate surface area is 108 Å². The van der Waals surface area contributed by atoms with E-state index in [4.69, 9.17) is 0 Å². The van der Waals surface area contributed by atoms with Crippen molar-refractivity contribution in [1.29, 1.82) is 0 Å². The van der Waals surface area contributed by atoms with Crippen LogP contribution in [0.15, 0.2) is 0 Å². The third kappa shape index (κ3) is 0.796. The summed E-state index contributed by atoms with van der Waals surface area (Å²) in [4.78, 5) is 0. The Kier molecular flexibility index (Phi) is 1.68. The monoisotopic (exact) mass is 282 g/mol. The Morgan fingerprint density at radius 1 is 1.00 bits per heavy atom. The summed E-state index contributed by atoms with van der Waals surface area (Å²) in [6.45, 7) is 7.77. The van der Waals surface area contributed by atoms with E-state index >= 15 is 0 Å². The molecule has 6 atom stereocenters. The molecule has 0 aromatic rings. The second-order valence-electron chi connectivity index (χ2n) is 7.86.